The Hall–Kier alpha value is -0.353. The second-order valence-electron chi connectivity index (χ2n) is 6.46. The normalized spacial score (nSPS) is 26.2. The lowest BCUT2D eigenvalue weighted by Gasteiger charge is -2.40. The predicted octanol–water partition coefficient (Wildman–Crippen LogP) is 3.10. The topological polar surface area (TPSA) is 35.5 Å². The highest BCUT2D eigenvalue weighted by Gasteiger charge is 2.42. The number of carbonyl (C=O) groups excluding carboxylic acids is 1. The largest absolute Gasteiger partial charge is 0.459 e. The van der Waals surface area contributed by atoms with E-state index in [2.05, 4.69) is 33.9 Å². The molecule has 0 aromatic carbocycles. The maximum Gasteiger partial charge on any atom is 0.310 e. The summed E-state index contributed by atoms with van der Waals surface area (Å²) in [6.07, 6.45) is 1.35. The fourth-order valence-electron chi connectivity index (χ4n) is 1.45. The molecule has 1 fully saturated rings. The van der Waals surface area contributed by atoms with Gasteiger partial charge in [-0.3, -0.25) is 4.79 Å². The van der Waals surface area contributed by atoms with Crippen LogP contribution in [0.5, 0.6) is 0 Å². The van der Waals surface area contributed by atoms with Crippen molar-refractivity contribution >= 4 is 14.3 Å². The molecule has 0 unspecified atom stereocenters. The average molecular weight is 244 g/mol. The van der Waals surface area contributed by atoms with Gasteiger partial charge >= 0.3 is 5.97 Å². The van der Waals surface area contributed by atoms with Crippen molar-refractivity contribution in [2.24, 2.45) is 0 Å². The minimum atomic E-state index is -1.65. The van der Waals surface area contributed by atoms with Crippen molar-refractivity contribution in [2.75, 3.05) is 6.61 Å². The third kappa shape index (κ3) is 3.07. The highest BCUT2D eigenvalue weighted by Crippen LogP contribution is 2.37. The molecule has 3 nitrogen and oxygen atoms in total. The highest BCUT2D eigenvalue weighted by atomic mass is 28.4. The molecule has 0 aliphatic carbocycles. The second kappa shape index (κ2) is 4.15. The molecule has 1 aliphatic rings. The van der Waals surface area contributed by atoms with Crippen molar-refractivity contribution in [1.29, 1.82) is 0 Å². The maximum absolute atomic E-state index is 10.8. The van der Waals surface area contributed by atoms with E-state index in [1.165, 1.54) is 0 Å². The van der Waals surface area contributed by atoms with Crippen LogP contribution in [0.4, 0.5) is 0 Å². The van der Waals surface area contributed by atoms with Crippen LogP contribution in [0.15, 0.2) is 0 Å². The summed E-state index contributed by atoms with van der Waals surface area (Å²) in [6.45, 7) is 13.8. The average Bonchev–Trinajstić information content (AvgIpc) is 1.98. The van der Waals surface area contributed by atoms with Gasteiger partial charge in [-0.25, -0.2) is 0 Å². The standard InChI is InChI=1S/C12H24O3Si/c1-11(2,3)16(5,6)14-8-7-12(4)9-10(13)15-12/h7-9H2,1-6H3/t12-/m1/s1. The molecule has 1 atom stereocenters. The van der Waals surface area contributed by atoms with Gasteiger partial charge < -0.3 is 9.16 Å². The molecule has 1 rings (SSSR count). The fourth-order valence-corrected chi connectivity index (χ4v) is 2.50. The van der Waals surface area contributed by atoms with Crippen molar-refractivity contribution < 1.29 is 14.0 Å². The van der Waals surface area contributed by atoms with Gasteiger partial charge in [0.15, 0.2) is 8.32 Å². The summed E-state index contributed by atoms with van der Waals surface area (Å²) >= 11 is 0. The Morgan fingerprint density at radius 2 is 1.94 bits per heavy atom. The molecule has 4 heteroatoms. The van der Waals surface area contributed by atoms with Crippen molar-refractivity contribution in [3.05, 3.63) is 0 Å². The Morgan fingerprint density at radius 3 is 2.31 bits per heavy atom. The van der Waals surface area contributed by atoms with E-state index in [4.69, 9.17) is 9.16 Å². The van der Waals surface area contributed by atoms with E-state index >= 15 is 0 Å². The molecular formula is C12H24O3Si. The molecule has 0 spiro atoms. The Labute approximate surface area is 99.6 Å². The van der Waals surface area contributed by atoms with Crippen LogP contribution >= 0.6 is 0 Å². The maximum atomic E-state index is 10.8. The first-order valence-corrected chi connectivity index (χ1v) is 8.82. The van der Waals surface area contributed by atoms with Crippen LogP contribution in [0, 0.1) is 0 Å². The van der Waals surface area contributed by atoms with E-state index in [1.807, 2.05) is 6.92 Å². The molecule has 0 amide bonds. The van der Waals surface area contributed by atoms with Crippen LogP contribution in [0.2, 0.25) is 18.1 Å². The van der Waals surface area contributed by atoms with Crippen LogP contribution in [0.1, 0.15) is 40.5 Å². The van der Waals surface area contributed by atoms with Gasteiger partial charge in [0.05, 0.1) is 6.42 Å². The summed E-state index contributed by atoms with van der Waals surface area (Å²) in [6, 6.07) is 0. The van der Waals surface area contributed by atoms with Crippen LogP contribution < -0.4 is 0 Å². The van der Waals surface area contributed by atoms with Crippen LogP contribution in [0.3, 0.4) is 0 Å². The van der Waals surface area contributed by atoms with E-state index in [0.29, 0.717) is 13.0 Å². The first-order valence-electron chi connectivity index (χ1n) is 5.92. The minimum absolute atomic E-state index is 0.0881. The van der Waals surface area contributed by atoms with Crippen LogP contribution in [-0.2, 0) is 14.0 Å². The molecule has 0 aromatic rings. The van der Waals surface area contributed by atoms with Gasteiger partial charge in [-0.05, 0) is 25.1 Å². The molecule has 1 heterocycles. The minimum Gasteiger partial charge on any atom is -0.459 e. The van der Waals surface area contributed by atoms with Gasteiger partial charge in [0, 0.05) is 13.0 Å². The Balaban J connectivity index is 2.33. The molecule has 1 saturated heterocycles. The molecule has 0 radical (unpaired) electrons. The molecule has 1 aliphatic heterocycles. The third-order valence-electron chi connectivity index (χ3n) is 3.78. The van der Waals surface area contributed by atoms with Gasteiger partial charge in [0.1, 0.15) is 5.60 Å². The number of cyclic esters (lactones) is 1. The molecule has 0 N–H and O–H groups in total. The number of ether oxygens (including phenoxy) is 1. The summed E-state index contributed by atoms with van der Waals surface area (Å²) in [4.78, 5) is 10.8. The van der Waals surface area contributed by atoms with E-state index in [0.717, 1.165) is 6.42 Å². The lowest BCUT2D eigenvalue weighted by atomic mass is 9.93. The third-order valence-corrected chi connectivity index (χ3v) is 8.32. The van der Waals surface area contributed by atoms with E-state index in [1.54, 1.807) is 0 Å². The summed E-state index contributed by atoms with van der Waals surface area (Å²) in [7, 11) is -1.65. The summed E-state index contributed by atoms with van der Waals surface area (Å²) in [5.41, 5.74) is -0.264. The van der Waals surface area contributed by atoms with E-state index < -0.39 is 8.32 Å². The lowest BCUT2D eigenvalue weighted by molar-refractivity contribution is -0.189. The monoisotopic (exact) mass is 244 g/mol. The SMILES string of the molecule is CC(C)(C)[Si](C)(C)OCC[C@]1(C)CC(=O)O1. The number of carbonyl (C=O) groups is 1. The van der Waals surface area contributed by atoms with E-state index in [-0.39, 0.29) is 16.6 Å². The van der Waals surface area contributed by atoms with E-state index in [9.17, 15) is 4.79 Å². The van der Waals surface area contributed by atoms with Crippen molar-refractivity contribution in [1.82, 2.24) is 0 Å². The van der Waals surface area contributed by atoms with Crippen molar-refractivity contribution in [2.45, 2.75) is 64.3 Å². The summed E-state index contributed by atoms with van der Waals surface area (Å²) < 4.78 is 11.2. The first-order chi connectivity index (χ1) is 7.06. The van der Waals surface area contributed by atoms with Gasteiger partial charge in [-0.15, -0.1) is 0 Å². The van der Waals surface area contributed by atoms with Gasteiger partial charge in [0.25, 0.3) is 0 Å². The highest BCUT2D eigenvalue weighted by molar-refractivity contribution is 6.74. The van der Waals surface area contributed by atoms with Crippen molar-refractivity contribution in [3.8, 4) is 0 Å². The molecule has 94 valence electrons. The Bertz CT molecular complexity index is 270. The number of rotatable bonds is 4. The van der Waals surface area contributed by atoms with Gasteiger partial charge in [0.2, 0.25) is 0 Å². The zero-order chi connectivity index (χ0) is 12.6. The lowest BCUT2D eigenvalue weighted by Crippen LogP contribution is -2.47. The summed E-state index contributed by atoms with van der Waals surface area (Å²) in [5, 5.41) is 0.240. The van der Waals surface area contributed by atoms with Crippen LogP contribution in [-0.4, -0.2) is 26.5 Å². The smallest absolute Gasteiger partial charge is 0.310 e. The zero-order valence-electron chi connectivity index (χ0n) is 11.3. The fraction of sp³-hybridized carbons (Fsp3) is 0.917. The number of hydrogen-bond donors (Lipinski definition) is 0. The molecule has 0 bridgehead atoms. The second-order valence-corrected chi connectivity index (χ2v) is 11.3. The number of esters is 1. The quantitative estimate of drug-likeness (QED) is 0.563. The van der Waals surface area contributed by atoms with Crippen LogP contribution in [0.25, 0.3) is 0 Å². The molecule has 0 saturated carbocycles. The Morgan fingerprint density at radius 1 is 1.44 bits per heavy atom. The molecule has 0 aromatic heterocycles. The summed E-state index contributed by atoms with van der Waals surface area (Å²) in [5.74, 6) is -0.0881. The number of hydrogen-bond acceptors (Lipinski definition) is 3. The first kappa shape index (κ1) is 13.7. The van der Waals surface area contributed by atoms with Gasteiger partial charge in [-0.1, -0.05) is 20.8 Å². The Kier molecular flexibility index (Phi) is 3.55. The molecular weight excluding hydrogens is 220 g/mol. The van der Waals surface area contributed by atoms with Gasteiger partial charge in [-0.2, -0.15) is 0 Å². The van der Waals surface area contributed by atoms with Crippen molar-refractivity contribution in [3.63, 3.8) is 0 Å². The molecule has 16 heavy (non-hydrogen) atoms. The predicted molar refractivity (Wildman–Crippen MR) is 66.9 cm³/mol. The zero-order valence-corrected chi connectivity index (χ0v) is 12.3.